The molecule has 2 aromatic rings. The molecule has 8 nitrogen and oxygen atoms in total. The van der Waals surface area contributed by atoms with Gasteiger partial charge in [0.05, 0.1) is 39.7 Å². The molecule has 0 spiro atoms. The lowest BCUT2D eigenvalue weighted by Crippen LogP contribution is -2.56. The highest BCUT2D eigenvalue weighted by Crippen LogP contribution is 2.39. The summed E-state index contributed by atoms with van der Waals surface area (Å²) >= 11 is 0. The van der Waals surface area contributed by atoms with E-state index < -0.39 is 11.1 Å². The van der Waals surface area contributed by atoms with Crippen LogP contribution in [-0.4, -0.2) is 55.7 Å². The molecule has 3 rings (SSSR count). The summed E-state index contributed by atoms with van der Waals surface area (Å²) in [5.74, 6) is 1.97. The fraction of sp³-hybridized carbons (Fsp3) is 0.393. The van der Waals surface area contributed by atoms with Crippen LogP contribution in [0.15, 0.2) is 42.0 Å². The van der Waals surface area contributed by atoms with Crippen LogP contribution in [-0.2, 0) is 4.79 Å². The molecule has 0 aliphatic carbocycles. The molecule has 8 heteroatoms. The van der Waals surface area contributed by atoms with Crippen LogP contribution in [0.5, 0.6) is 23.0 Å². The van der Waals surface area contributed by atoms with Gasteiger partial charge in [0.1, 0.15) is 5.75 Å². The van der Waals surface area contributed by atoms with Crippen molar-refractivity contribution in [3.63, 3.8) is 0 Å². The number of nitrogens with one attached hydrogen (secondary N) is 1. The summed E-state index contributed by atoms with van der Waals surface area (Å²) < 4.78 is 21.7. The molecular weight excluding hydrogens is 460 g/mol. The van der Waals surface area contributed by atoms with Crippen LogP contribution in [0.4, 0.5) is 5.69 Å². The molecule has 0 fully saturated rings. The molecule has 0 atom stereocenters. The van der Waals surface area contributed by atoms with Gasteiger partial charge >= 0.3 is 0 Å². The van der Waals surface area contributed by atoms with Crippen LogP contribution in [0.3, 0.4) is 0 Å². The Morgan fingerprint density at radius 1 is 0.889 bits per heavy atom. The van der Waals surface area contributed by atoms with Crippen molar-refractivity contribution in [2.75, 3.05) is 33.8 Å². The predicted molar refractivity (Wildman–Crippen MR) is 141 cm³/mol. The minimum atomic E-state index is -0.677. The van der Waals surface area contributed by atoms with E-state index >= 15 is 0 Å². The van der Waals surface area contributed by atoms with E-state index in [9.17, 15) is 10.0 Å². The first-order valence-electron chi connectivity index (χ1n) is 11.6. The molecule has 1 aliphatic rings. The molecule has 0 bridgehead atoms. The largest absolute Gasteiger partial charge is 0.495 e. The van der Waals surface area contributed by atoms with Crippen LogP contribution in [0, 0.1) is 0 Å². The van der Waals surface area contributed by atoms with Crippen LogP contribution in [0.1, 0.15) is 45.2 Å². The summed E-state index contributed by atoms with van der Waals surface area (Å²) in [7, 11) is 6.27. The van der Waals surface area contributed by atoms with Gasteiger partial charge in [-0.1, -0.05) is 24.3 Å². The summed E-state index contributed by atoms with van der Waals surface area (Å²) in [6.07, 6.45) is 6.05. The maximum Gasteiger partial charge on any atom is 0.251 e. The monoisotopic (exact) mass is 496 g/mol. The van der Waals surface area contributed by atoms with Gasteiger partial charge in [0, 0.05) is 11.1 Å². The van der Waals surface area contributed by atoms with E-state index in [0.29, 0.717) is 40.7 Å². The number of methoxy groups -OCH3 is 4. The highest BCUT2D eigenvalue weighted by atomic mass is 16.5. The zero-order chi connectivity index (χ0) is 26.7. The standard InChI is InChI=1S/C28H36N2O6/c1-27(2)16-20(17-28(3,4)30(27)32)26(31)29-21-13-18(11-12-22(21)33-5)9-10-19-14-23(34-6)25(36-8)24(15-19)35-7/h9-16,32H,17H2,1-8H3,(H,29,31)/b10-9-. The van der Waals surface area contributed by atoms with Crippen molar-refractivity contribution in [2.24, 2.45) is 0 Å². The van der Waals surface area contributed by atoms with E-state index in [2.05, 4.69) is 5.32 Å². The lowest BCUT2D eigenvalue weighted by Gasteiger charge is -2.46. The van der Waals surface area contributed by atoms with Crippen molar-refractivity contribution in [3.8, 4) is 23.0 Å². The third-order valence-corrected chi connectivity index (χ3v) is 6.19. The number of hydrogen-bond acceptors (Lipinski definition) is 7. The molecule has 0 unspecified atom stereocenters. The minimum Gasteiger partial charge on any atom is -0.495 e. The Kier molecular flexibility index (Phi) is 8.01. The second-order valence-corrected chi connectivity index (χ2v) is 9.83. The molecule has 0 saturated heterocycles. The summed E-state index contributed by atoms with van der Waals surface area (Å²) in [5, 5.41) is 14.8. The summed E-state index contributed by atoms with van der Waals surface area (Å²) in [5.41, 5.74) is 1.62. The van der Waals surface area contributed by atoms with Crippen molar-refractivity contribution in [1.82, 2.24) is 5.06 Å². The normalized spacial score (nSPS) is 16.9. The van der Waals surface area contributed by atoms with Gasteiger partial charge in [0.25, 0.3) is 5.91 Å². The Morgan fingerprint density at radius 2 is 1.47 bits per heavy atom. The SMILES string of the molecule is COc1ccc(/C=C\c2cc(OC)c(OC)c(OC)c2)cc1NC(=O)C1=CC(C)(C)N(O)C(C)(C)C1. The lowest BCUT2D eigenvalue weighted by molar-refractivity contribution is -0.214. The zero-order valence-electron chi connectivity index (χ0n) is 22.3. The molecule has 194 valence electrons. The zero-order valence-corrected chi connectivity index (χ0v) is 22.3. The molecule has 1 heterocycles. The molecule has 1 aliphatic heterocycles. The van der Waals surface area contributed by atoms with E-state index in [-0.39, 0.29) is 5.91 Å². The van der Waals surface area contributed by atoms with Gasteiger partial charge in [-0.15, -0.1) is 0 Å². The smallest absolute Gasteiger partial charge is 0.251 e. The number of carbonyl (C=O) groups is 1. The molecule has 2 N–H and O–H groups in total. The Bertz CT molecular complexity index is 1160. The number of nitrogens with zero attached hydrogens (tertiary/aromatic N) is 1. The Labute approximate surface area is 213 Å². The molecule has 0 radical (unpaired) electrons. The Morgan fingerprint density at radius 3 is 2.00 bits per heavy atom. The third kappa shape index (κ3) is 5.66. The lowest BCUT2D eigenvalue weighted by atomic mass is 9.82. The maximum atomic E-state index is 13.2. The topological polar surface area (TPSA) is 89.5 Å². The molecular formula is C28H36N2O6. The third-order valence-electron chi connectivity index (χ3n) is 6.19. The van der Waals surface area contributed by atoms with Gasteiger partial charge in [-0.05, 0) is 69.5 Å². The van der Waals surface area contributed by atoms with E-state index in [4.69, 9.17) is 18.9 Å². The average molecular weight is 497 g/mol. The van der Waals surface area contributed by atoms with E-state index in [1.54, 1.807) is 34.5 Å². The van der Waals surface area contributed by atoms with Crippen LogP contribution in [0.2, 0.25) is 0 Å². The highest BCUT2D eigenvalue weighted by molar-refractivity contribution is 6.05. The van der Waals surface area contributed by atoms with Gasteiger partial charge in [0.15, 0.2) is 11.5 Å². The second-order valence-electron chi connectivity index (χ2n) is 9.83. The summed E-state index contributed by atoms with van der Waals surface area (Å²) in [6, 6.07) is 9.27. The predicted octanol–water partition coefficient (Wildman–Crippen LogP) is 5.41. The van der Waals surface area contributed by atoms with Crippen LogP contribution < -0.4 is 24.3 Å². The minimum absolute atomic E-state index is 0.228. The van der Waals surface area contributed by atoms with Crippen LogP contribution >= 0.6 is 0 Å². The van der Waals surface area contributed by atoms with Gasteiger partial charge in [0.2, 0.25) is 5.75 Å². The number of rotatable bonds is 8. The number of anilines is 1. The molecule has 1 amide bonds. The first-order chi connectivity index (χ1) is 16.9. The second kappa shape index (κ2) is 10.6. The molecule has 0 saturated carbocycles. The number of amides is 1. The Hall–Kier alpha value is -3.49. The highest BCUT2D eigenvalue weighted by Gasteiger charge is 2.42. The van der Waals surface area contributed by atoms with Crippen molar-refractivity contribution in [2.45, 2.75) is 45.2 Å². The number of ether oxygens (including phenoxy) is 4. The van der Waals surface area contributed by atoms with E-state index in [0.717, 1.165) is 11.1 Å². The first-order valence-corrected chi connectivity index (χ1v) is 11.6. The maximum absolute atomic E-state index is 13.2. The van der Waals surface area contributed by atoms with Gasteiger partial charge in [-0.25, -0.2) is 0 Å². The van der Waals surface area contributed by atoms with E-state index in [1.165, 1.54) is 5.06 Å². The first kappa shape index (κ1) is 27.1. The van der Waals surface area contributed by atoms with Crippen LogP contribution in [0.25, 0.3) is 12.2 Å². The van der Waals surface area contributed by atoms with Crippen molar-refractivity contribution >= 4 is 23.7 Å². The van der Waals surface area contributed by atoms with Crippen molar-refractivity contribution in [1.29, 1.82) is 0 Å². The quantitative estimate of drug-likeness (QED) is 0.473. The summed E-state index contributed by atoms with van der Waals surface area (Å²) in [6.45, 7) is 7.56. The Balaban J connectivity index is 1.89. The summed E-state index contributed by atoms with van der Waals surface area (Å²) in [4.78, 5) is 13.2. The van der Waals surface area contributed by atoms with Crippen molar-refractivity contribution in [3.05, 3.63) is 53.1 Å². The van der Waals surface area contributed by atoms with Gasteiger partial charge in [-0.2, -0.15) is 5.06 Å². The van der Waals surface area contributed by atoms with Crippen molar-refractivity contribution < 1.29 is 28.9 Å². The fourth-order valence-electron chi connectivity index (χ4n) is 4.52. The van der Waals surface area contributed by atoms with Gasteiger partial charge in [-0.3, -0.25) is 4.79 Å². The molecule has 36 heavy (non-hydrogen) atoms. The van der Waals surface area contributed by atoms with Gasteiger partial charge < -0.3 is 29.5 Å². The average Bonchev–Trinajstić information content (AvgIpc) is 2.84. The number of hydrogen-bond donors (Lipinski definition) is 2. The number of benzene rings is 2. The van der Waals surface area contributed by atoms with E-state index in [1.807, 2.05) is 70.2 Å². The number of carbonyl (C=O) groups excluding carboxylic acids is 1. The fourth-order valence-corrected chi connectivity index (χ4v) is 4.52. The molecule has 2 aromatic carbocycles. The number of hydroxylamine groups is 2. The molecule has 0 aromatic heterocycles.